The largest absolute Gasteiger partial charge is 0.497 e. The molecule has 4 N–H and O–H groups in total. The fraction of sp³-hybridized carbons (Fsp3) is 0.158. The average molecular weight is 674 g/mol. The standard InChI is InChI=1S/C38H35N5O3S2/c1-24-23-47-38(41-36(44)27-13-7-4-8-14-27)32(24)37(45)42-43-31(22-17-25-11-5-3-6-12-25)48-34-33(26-18-20-28(46-2)21-19-26)39-29-15-9-10-16-30(29)40-35(34)43/h3-23,31,33-35,39-40H,1-2H3,(H,41,44)(H,42,45)/b22-17+. The number of carbonyl (C=O) groups is 2. The zero-order valence-electron chi connectivity index (χ0n) is 26.4. The summed E-state index contributed by atoms with van der Waals surface area (Å²) in [6.45, 7) is 1.89. The van der Waals surface area contributed by atoms with Crippen LogP contribution in [0.25, 0.3) is 6.08 Å². The van der Waals surface area contributed by atoms with Gasteiger partial charge in [-0.2, -0.15) is 5.01 Å². The van der Waals surface area contributed by atoms with E-state index in [2.05, 4.69) is 63.9 Å². The van der Waals surface area contributed by atoms with E-state index in [4.69, 9.17) is 4.74 Å². The topological polar surface area (TPSA) is 94.7 Å². The maximum atomic E-state index is 14.3. The second kappa shape index (κ2) is 14.0. The van der Waals surface area contributed by atoms with Crippen LogP contribution in [0.15, 0.2) is 121 Å². The van der Waals surface area contributed by atoms with Crippen LogP contribution < -0.4 is 26.1 Å². The fourth-order valence-corrected chi connectivity index (χ4v) is 8.52. The number of rotatable bonds is 8. The van der Waals surface area contributed by atoms with Gasteiger partial charge in [0.2, 0.25) is 0 Å². The Hall–Kier alpha value is -5.03. The molecule has 8 nitrogen and oxygen atoms in total. The number of methoxy groups -OCH3 is 1. The summed E-state index contributed by atoms with van der Waals surface area (Å²) >= 11 is 3.12. The Morgan fingerprint density at radius 1 is 0.833 bits per heavy atom. The smallest absolute Gasteiger partial charge is 0.268 e. The number of hydrazine groups is 1. The second-order valence-electron chi connectivity index (χ2n) is 11.6. The van der Waals surface area contributed by atoms with Crippen molar-refractivity contribution < 1.29 is 14.3 Å². The average Bonchev–Trinajstić information content (AvgIpc) is 3.60. The Balaban J connectivity index is 1.24. The van der Waals surface area contributed by atoms with E-state index in [-0.39, 0.29) is 34.6 Å². The number of benzene rings is 4. The third-order valence-corrected chi connectivity index (χ3v) is 11.0. The Morgan fingerprint density at radius 3 is 2.21 bits per heavy atom. The highest BCUT2D eigenvalue weighted by Gasteiger charge is 2.48. The molecule has 2 aliphatic rings. The van der Waals surface area contributed by atoms with Crippen LogP contribution in [0.4, 0.5) is 16.4 Å². The number of anilines is 3. The van der Waals surface area contributed by atoms with Crippen molar-refractivity contribution in [2.75, 3.05) is 23.1 Å². The highest BCUT2D eigenvalue weighted by molar-refractivity contribution is 8.01. The quantitative estimate of drug-likeness (QED) is 0.133. The molecule has 242 valence electrons. The number of hydrogen-bond acceptors (Lipinski definition) is 8. The minimum Gasteiger partial charge on any atom is -0.497 e. The van der Waals surface area contributed by atoms with Crippen molar-refractivity contribution in [3.63, 3.8) is 0 Å². The normalized spacial score (nSPS) is 20.1. The van der Waals surface area contributed by atoms with Crippen molar-refractivity contribution in [1.29, 1.82) is 0 Å². The SMILES string of the molecule is COc1ccc(C2Nc3ccccc3NC3C2SC(/C=C/c2ccccc2)N3NC(=O)c2c(C)csc2NC(=O)c2ccccc2)cc1. The van der Waals surface area contributed by atoms with Crippen LogP contribution in [0.5, 0.6) is 5.75 Å². The van der Waals surface area contributed by atoms with E-state index in [9.17, 15) is 9.59 Å². The molecule has 4 aromatic carbocycles. The molecule has 0 spiro atoms. The van der Waals surface area contributed by atoms with Gasteiger partial charge in [-0.1, -0.05) is 84.9 Å². The first-order valence-electron chi connectivity index (χ1n) is 15.7. The van der Waals surface area contributed by atoms with Crippen molar-refractivity contribution >= 4 is 57.4 Å². The number of para-hydroxylation sites is 2. The number of aryl methyl sites for hydroxylation is 1. The third kappa shape index (κ3) is 6.55. The summed E-state index contributed by atoms with van der Waals surface area (Å²) in [5, 5.41) is 14.7. The summed E-state index contributed by atoms with van der Waals surface area (Å²) in [4.78, 5) is 27.4. The molecular formula is C38H35N5O3S2. The van der Waals surface area contributed by atoms with Crippen molar-refractivity contribution in [2.24, 2.45) is 0 Å². The van der Waals surface area contributed by atoms with Crippen molar-refractivity contribution in [2.45, 2.75) is 29.8 Å². The molecule has 2 amide bonds. The number of carbonyl (C=O) groups excluding carboxylic acids is 2. The molecule has 48 heavy (non-hydrogen) atoms. The number of ether oxygens (including phenoxy) is 1. The lowest BCUT2D eigenvalue weighted by atomic mass is 10.0. The lowest BCUT2D eigenvalue weighted by Gasteiger charge is -2.31. The Kier molecular flexibility index (Phi) is 9.20. The molecule has 1 saturated heterocycles. The zero-order valence-corrected chi connectivity index (χ0v) is 28.1. The van der Waals surface area contributed by atoms with Gasteiger partial charge in [0.05, 0.1) is 40.7 Å². The van der Waals surface area contributed by atoms with Crippen LogP contribution >= 0.6 is 23.1 Å². The number of thiophene rings is 1. The van der Waals surface area contributed by atoms with Crippen molar-refractivity contribution in [3.05, 3.63) is 148 Å². The summed E-state index contributed by atoms with van der Waals surface area (Å²) in [6.07, 6.45) is 3.92. The Labute approximate surface area is 288 Å². The molecule has 1 fully saturated rings. The molecule has 1 aromatic heterocycles. The van der Waals surface area contributed by atoms with E-state index < -0.39 is 0 Å². The molecule has 3 heterocycles. The molecule has 10 heteroatoms. The molecule has 4 atom stereocenters. The van der Waals surface area contributed by atoms with Crippen molar-refractivity contribution in [3.8, 4) is 5.75 Å². The van der Waals surface area contributed by atoms with E-state index >= 15 is 0 Å². The molecule has 5 aromatic rings. The first kappa shape index (κ1) is 31.6. The number of hydrogen-bond donors (Lipinski definition) is 4. The first-order valence-corrected chi connectivity index (χ1v) is 17.5. The van der Waals surface area contributed by atoms with Crippen LogP contribution in [0.2, 0.25) is 0 Å². The number of amides is 2. The van der Waals surface area contributed by atoms with Gasteiger partial charge in [0.15, 0.2) is 0 Å². The first-order chi connectivity index (χ1) is 23.5. The van der Waals surface area contributed by atoms with Crippen LogP contribution in [0.1, 0.15) is 43.4 Å². The van der Waals surface area contributed by atoms with Crippen LogP contribution in [-0.4, -0.2) is 40.7 Å². The van der Waals surface area contributed by atoms with Gasteiger partial charge in [-0.15, -0.1) is 23.1 Å². The van der Waals surface area contributed by atoms with Gasteiger partial charge >= 0.3 is 0 Å². The summed E-state index contributed by atoms with van der Waals surface area (Å²) in [5.74, 6) is 0.243. The fourth-order valence-electron chi connectivity index (χ4n) is 6.04. The molecule has 0 saturated carbocycles. The number of nitrogens with zero attached hydrogens (tertiary/aromatic N) is 1. The summed E-state index contributed by atoms with van der Waals surface area (Å²) in [5.41, 5.74) is 9.14. The van der Waals surface area contributed by atoms with Crippen molar-refractivity contribution in [1.82, 2.24) is 10.4 Å². The molecule has 7 rings (SSSR count). The van der Waals surface area contributed by atoms with Gasteiger partial charge in [-0.05, 0) is 65.4 Å². The molecule has 0 aliphatic carbocycles. The zero-order chi connectivity index (χ0) is 33.0. The molecule has 0 bridgehead atoms. The van der Waals surface area contributed by atoms with Gasteiger partial charge in [0.25, 0.3) is 11.8 Å². The van der Waals surface area contributed by atoms with E-state index in [1.165, 1.54) is 11.3 Å². The van der Waals surface area contributed by atoms with Gasteiger partial charge in [-0.3, -0.25) is 15.0 Å². The molecule has 0 radical (unpaired) electrons. The molecule has 4 unspecified atom stereocenters. The highest BCUT2D eigenvalue weighted by Crippen LogP contribution is 2.47. The predicted molar refractivity (Wildman–Crippen MR) is 197 cm³/mol. The summed E-state index contributed by atoms with van der Waals surface area (Å²) in [6, 6.07) is 35.3. The van der Waals surface area contributed by atoms with E-state index in [0.717, 1.165) is 33.8 Å². The molecular weight excluding hydrogens is 639 g/mol. The second-order valence-corrected chi connectivity index (χ2v) is 13.8. The maximum absolute atomic E-state index is 14.3. The van der Waals surface area contributed by atoms with Crippen LogP contribution in [0.3, 0.4) is 0 Å². The maximum Gasteiger partial charge on any atom is 0.268 e. The number of thioether (sulfide) groups is 1. The Morgan fingerprint density at radius 2 is 1.50 bits per heavy atom. The number of fused-ring (bicyclic) bond motifs is 2. The number of nitrogens with one attached hydrogen (secondary N) is 4. The van der Waals surface area contributed by atoms with E-state index in [0.29, 0.717) is 16.1 Å². The summed E-state index contributed by atoms with van der Waals surface area (Å²) < 4.78 is 5.45. The van der Waals surface area contributed by atoms with Crippen LogP contribution in [-0.2, 0) is 0 Å². The van der Waals surface area contributed by atoms with Gasteiger partial charge in [0, 0.05) is 5.56 Å². The summed E-state index contributed by atoms with van der Waals surface area (Å²) in [7, 11) is 1.67. The van der Waals surface area contributed by atoms with Gasteiger partial charge in [0.1, 0.15) is 16.9 Å². The minimum absolute atomic E-state index is 0.0302. The predicted octanol–water partition coefficient (Wildman–Crippen LogP) is 8.02. The monoisotopic (exact) mass is 673 g/mol. The van der Waals surface area contributed by atoms with E-state index in [1.54, 1.807) is 31.0 Å². The highest BCUT2D eigenvalue weighted by atomic mass is 32.2. The Bertz CT molecular complexity index is 1930. The van der Waals surface area contributed by atoms with E-state index in [1.807, 2.05) is 84.0 Å². The van der Waals surface area contributed by atoms with Crippen LogP contribution in [0, 0.1) is 6.92 Å². The molecule has 2 aliphatic heterocycles. The lowest BCUT2D eigenvalue weighted by Crippen LogP contribution is -2.54. The van der Waals surface area contributed by atoms with Gasteiger partial charge < -0.3 is 20.7 Å². The van der Waals surface area contributed by atoms with Gasteiger partial charge in [-0.25, -0.2) is 0 Å². The minimum atomic E-state index is -0.297. The third-order valence-electron chi connectivity index (χ3n) is 8.48. The lowest BCUT2D eigenvalue weighted by molar-refractivity contribution is 0.0743.